The lowest BCUT2D eigenvalue weighted by Gasteiger charge is -2.33. The Kier molecular flexibility index (Phi) is 6.51. The minimum Gasteiger partial charge on any atom is -0.490 e. The molecule has 2 aromatic carbocycles. The van der Waals surface area contributed by atoms with E-state index in [2.05, 4.69) is 5.32 Å². The van der Waals surface area contributed by atoms with Crippen molar-refractivity contribution in [2.45, 2.75) is 25.9 Å². The van der Waals surface area contributed by atoms with Crippen molar-refractivity contribution < 1.29 is 19.4 Å². The highest BCUT2D eigenvalue weighted by molar-refractivity contribution is 6.02. The van der Waals surface area contributed by atoms with Crippen molar-refractivity contribution in [1.29, 1.82) is 0 Å². The van der Waals surface area contributed by atoms with Crippen LogP contribution in [0, 0.1) is 5.92 Å². The highest BCUT2D eigenvalue weighted by Gasteiger charge is 2.30. The Morgan fingerprint density at radius 2 is 2.00 bits per heavy atom. The summed E-state index contributed by atoms with van der Waals surface area (Å²) in [4.78, 5) is 27.5. The largest absolute Gasteiger partial charge is 0.490 e. The first-order valence-electron chi connectivity index (χ1n) is 9.71. The van der Waals surface area contributed by atoms with E-state index in [-0.39, 0.29) is 24.5 Å². The van der Waals surface area contributed by atoms with Crippen LogP contribution in [0.25, 0.3) is 0 Å². The fourth-order valence-corrected chi connectivity index (χ4v) is 3.31. The van der Waals surface area contributed by atoms with Crippen LogP contribution in [0.3, 0.4) is 0 Å². The highest BCUT2D eigenvalue weighted by atomic mass is 16.5. The number of amides is 2. The lowest BCUT2D eigenvalue weighted by Crippen LogP contribution is -2.45. The zero-order chi connectivity index (χ0) is 21.0. The van der Waals surface area contributed by atoms with Crippen molar-refractivity contribution in [3.05, 3.63) is 59.7 Å². The second-order valence-corrected chi connectivity index (χ2v) is 7.47. The number of anilines is 1. The van der Waals surface area contributed by atoms with Gasteiger partial charge in [0.25, 0.3) is 5.91 Å². The summed E-state index contributed by atoms with van der Waals surface area (Å²) in [6.07, 6.45) is 0. The fraction of sp³-hybridized carbons (Fsp3) is 0.364. The Morgan fingerprint density at radius 1 is 1.28 bits per heavy atom. The van der Waals surface area contributed by atoms with Crippen LogP contribution >= 0.6 is 0 Å². The molecule has 0 aliphatic carbocycles. The standard InChI is InChI=1S/C22H27N3O4/c1-14-11-25(15(2)12-26)22(28)17-9-6-10-18(20(17)29-13-14)24-21(27)19(23)16-7-4-3-5-8-16/h3-10,14-15,19,26H,11-13,23H2,1-2H3,(H,24,27)/t14-,15+,19?/m1/s1. The van der Waals surface area contributed by atoms with Gasteiger partial charge in [0.2, 0.25) is 5.91 Å². The van der Waals surface area contributed by atoms with E-state index in [1.54, 1.807) is 42.2 Å². The molecular weight excluding hydrogens is 370 g/mol. The van der Waals surface area contributed by atoms with Crippen LogP contribution in [0.2, 0.25) is 0 Å². The van der Waals surface area contributed by atoms with Crippen LogP contribution in [0.5, 0.6) is 5.75 Å². The molecule has 3 rings (SSSR count). The van der Waals surface area contributed by atoms with E-state index in [0.717, 1.165) is 0 Å². The number of hydrogen-bond donors (Lipinski definition) is 3. The lowest BCUT2D eigenvalue weighted by molar-refractivity contribution is -0.117. The third-order valence-electron chi connectivity index (χ3n) is 5.02. The smallest absolute Gasteiger partial charge is 0.258 e. The number of para-hydroxylation sites is 1. The molecule has 0 spiro atoms. The molecule has 2 amide bonds. The zero-order valence-corrected chi connectivity index (χ0v) is 16.7. The van der Waals surface area contributed by atoms with Gasteiger partial charge >= 0.3 is 0 Å². The van der Waals surface area contributed by atoms with Crippen molar-refractivity contribution in [1.82, 2.24) is 4.90 Å². The first-order valence-corrected chi connectivity index (χ1v) is 9.71. The minimum absolute atomic E-state index is 0.0661. The van der Waals surface area contributed by atoms with Crippen molar-refractivity contribution in [2.75, 3.05) is 25.1 Å². The summed E-state index contributed by atoms with van der Waals surface area (Å²) in [7, 11) is 0. The summed E-state index contributed by atoms with van der Waals surface area (Å²) in [6, 6.07) is 12.9. The molecule has 0 aromatic heterocycles. The van der Waals surface area contributed by atoms with Gasteiger partial charge in [0.15, 0.2) is 5.75 Å². The van der Waals surface area contributed by atoms with Gasteiger partial charge in [-0.25, -0.2) is 0 Å². The predicted molar refractivity (Wildman–Crippen MR) is 111 cm³/mol. The second kappa shape index (κ2) is 9.07. The number of carbonyl (C=O) groups is 2. The van der Waals surface area contributed by atoms with Gasteiger partial charge in [-0.1, -0.05) is 43.3 Å². The van der Waals surface area contributed by atoms with Gasteiger partial charge in [0.05, 0.1) is 30.5 Å². The van der Waals surface area contributed by atoms with Crippen molar-refractivity contribution >= 4 is 17.5 Å². The van der Waals surface area contributed by atoms with Crippen LogP contribution in [0.15, 0.2) is 48.5 Å². The first-order chi connectivity index (χ1) is 13.9. The first kappa shape index (κ1) is 20.8. The number of carbonyl (C=O) groups excluding carboxylic acids is 2. The van der Waals surface area contributed by atoms with Gasteiger partial charge in [-0.15, -0.1) is 0 Å². The molecule has 4 N–H and O–H groups in total. The summed E-state index contributed by atoms with van der Waals surface area (Å²) >= 11 is 0. The Bertz CT molecular complexity index is 872. The summed E-state index contributed by atoms with van der Waals surface area (Å²) in [5, 5.41) is 12.3. The molecule has 7 nitrogen and oxygen atoms in total. The monoisotopic (exact) mass is 397 g/mol. The number of ether oxygens (including phenoxy) is 1. The van der Waals surface area contributed by atoms with Crippen molar-refractivity contribution in [2.24, 2.45) is 11.7 Å². The molecule has 29 heavy (non-hydrogen) atoms. The Labute approximate surface area is 170 Å². The third-order valence-corrected chi connectivity index (χ3v) is 5.02. The van der Waals surface area contributed by atoms with E-state index < -0.39 is 11.9 Å². The number of fused-ring (bicyclic) bond motifs is 1. The van der Waals surface area contributed by atoms with Crippen LogP contribution in [-0.2, 0) is 4.79 Å². The molecule has 0 fully saturated rings. The van der Waals surface area contributed by atoms with Gasteiger partial charge in [0, 0.05) is 12.5 Å². The summed E-state index contributed by atoms with van der Waals surface area (Å²) in [6.45, 7) is 4.51. The normalized spacial score (nSPS) is 18.7. The maximum Gasteiger partial charge on any atom is 0.258 e. The van der Waals surface area contributed by atoms with E-state index in [9.17, 15) is 14.7 Å². The van der Waals surface area contributed by atoms with E-state index in [1.807, 2.05) is 25.1 Å². The average Bonchev–Trinajstić information content (AvgIpc) is 2.74. The molecule has 154 valence electrons. The van der Waals surface area contributed by atoms with Gasteiger partial charge in [0.1, 0.15) is 6.04 Å². The van der Waals surface area contributed by atoms with E-state index >= 15 is 0 Å². The number of benzene rings is 2. The van der Waals surface area contributed by atoms with Gasteiger partial charge < -0.3 is 25.8 Å². The topological polar surface area (TPSA) is 105 Å². The Balaban J connectivity index is 1.91. The fourth-order valence-electron chi connectivity index (χ4n) is 3.31. The quantitative estimate of drug-likeness (QED) is 0.717. The Hall–Kier alpha value is -2.90. The summed E-state index contributed by atoms with van der Waals surface area (Å²) in [5.41, 5.74) is 7.53. The number of hydrogen-bond acceptors (Lipinski definition) is 5. The maximum absolute atomic E-state index is 13.1. The summed E-state index contributed by atoms with van der Waals surface area (Å²) < 4.78 is 5.92. The molecule has 1 aliphatic rings. The number of aliphatic hydroxyl groups excluding tert-OH is 1. The van der Waals surface area contributed by atoms with Crippen molar-refractivity contribution in [3.8, 4) is 5.75 Å². The minimum atomic E-state index is -0.846. The zero-order valence-electron chi connectivity index (χ0n) is 16.7. The van der Waals surface area contributed by atoms with Gasteiger partial charge in [-0.2, -0.15) is 0 Å². The molecule has 1 unspecified atom stereocenters. The molecule has 0 radical (unpaired) electrons. The van der Waals surface area contributed by atoms with Crippen LogP contribution in [-0.4, -0.2) is 47.6 Å². The molecular formula is C22H27N3O4. The van der Waals surface area contributed by atoms with E-state index in [4.69, 9.17) is 10.5 Å². The van der Waals surface area contributed by atoms with Crippen LogP contribution in [0.4, 0.5) is 5.69 Å². The molecule has 2 aromatic rings. The third kappa shape index (κ3) is 4.58. The number of nitrogens with one attached hydrogen (secondary N) is 1. The molecule has 3 atom stereocenters. The van der Waals surface area contributed by atoms with E-state index in [0.29, 0.717) is 35.7 Å². The van der Waals surface area contributed by atoms with Crippen LogP contribution < -0.4 is 15.8 Å². The molecule has 0 saturated carbocycles. The second-order valence-electron chi connectivity index (χ2n) is 7.47. The van der Waals surface area contributed by atoms with E-state index in [1.165, 1.54) is 0 Å². The Morgan fingerprint density at radius 3 is 2.69 bits per heavy atom. The maximum atomic E-state index is 13.1. The molecule has 1 aliphatic heterocycles. The highest BCUT2D eigenvalue weighted by Crippen LogP contribution is 2.33. The molecule has 1 heterocycles. The SMILES string of the molecule is C[C@H]1COc2c(NC(=O)C(N)c3ccccc3)cccc2C(=O)N([C@@H](C)CO)C1. The number of nitrogens with zero attached hydrogens (tertiary/aromatic N) is 1. The average molecular weight is 397 g/mol. The summed E-state index contributed by atoms with van der Waals surface area (Å²) in [5.74, 6) is -0.239. The van der Waals surface area contributed by atoms with Crippen molar-refractivity contribution in [3.63, 3.8) is 0 Å². The number of rotatable bonds is 5. The predicted octanol–water partition coefficient (Wildman–Crippen LogP) is 2.18. The lowest BCUT2D eigenvalue weighted by atomic mass is 10.0. The van der Waals surface area contributed by atoms with Gasteiger partial charge in [-0.05, 0) is 24.6 Å². The van der Waals surface area contributed by atoms with Crippen LogP contribution in [0.1, 0.15) is 35.8 Å². The number of nitrogens with two attached hydrogens (primary N) is 1. The molecule has 7 heteroatoms. The number of aliphatic hydroxyl groups is 1. The molecule has 0 saturated heterocycles. The molecule has 0 bridgehead atoms. The van der Waals surface area contributed by atoms with Gasteiger partial charge in [-0.3, -0.25) is 9.59 Å².